The third-order valence-corrected chi connectivity index (χ3v) is 5.07. The molecule has 1 aliphatic rings. The van der Waals surface area contributed by atoms with E-state index in [1.165, 1.54) is 0 Å². The average Bonchev–Trinajstić information content (AvgIpc) is 2.32. The van der Waals surface area contributed by atoms with Crippen LogP contribution in [-0.2, 0) is 14.8 Å². The lowest BCUT2D eigenvalue weighted by atomic mass is 9.89. The van der Waals surface area contributed by atoms with Gasteiger partial charge in [0.15, 0.2) is 0 Å². The van der Waals surface area contributed by atoms with Crippen LogP contribution in [0.2, 0.25) is 0 Å². The van der Waals surface area contributed by atoms with Crippen LogP contribution in [0, 0.1) is 0 Å². The van der Waals surface area contributed by atoms with Crippen LogP contribution in [0.3, 0.4) is 0 Å². The van der Waals surface area contributed by atoms with Gasteiger partial charge in [0.05, 0.1) is 11.8 Å². The van der Waals surface area contributed by atoms with E-state index >= 15 is 0 Å². The third kappa shape index (κ3) is 3.50. The molecular formula is C14H22N2O3S. The number of benzene rings is 1. The van der Waals surface area contributed by atoms with Gasteiger partial charge in [0, 0.05) is 19.2 Å². The van der Waals surface area contributed by atoms with Gasteiger partial charge in [0.25, 0.3) is 0 Å². The summed E-state index contributed by atoms with van der Waals surface area (Å²) in [5.74, 6) is 0. The van der Waals surface area contributed by atoms with Gasteiger partial charge in [-0.2, -0.15) is 0 Å². The lowest BCUT2D eigenvalue weighted by Gasteiger charge is -2.35. The van der Waals surface area contributed by atoms with Crippen molar-refractivity contribution >= 4 is 15.7 Å². The SMILES string of the molecule is COC1CC(Nc2ccccc2S(=O)(=O)NC(C)C)C1. The van der Waals surface area contributed by atoms with Crippen LogP contribution in [-0.4, -0.2) is 33.7 Å². The van der Waals surface area contributed by atoms with Crippen molar-refractivity contribution in [3.63, 3.8) is 0 Å². The van der Waals surface area contributed by atoms with Gasteiger partial charge in [-0.05, 0) is 38.8 Å². The highest BCUT2D eigenvalue weighted by Crippen LogP contribution is 2.29. The Morgan fingerprint density at radius 2 is 1.90 bits per heavy atom. The lowest BCUT2D eigenvalue weighted by molar-refractivity contribution is 0.0328. The van der Waals surface area contributed by atoms with E-state index in [1.807, 2.05) is 19.9 Å². The fraction of sp³-hybridized carbons (Fsp3) is 0.571. The Balaban J connectivity index is 2.15. The molecule has 0 aromatic heterocycles. The highest BCUT2D eigenvalue weighted by atomic mass is 32.2. The van der Waals surface area contributed by atoms with E-state index in [2.05, 4.69) is 10.0 Å². The molecule has 1 saturated carbocycles. The first-order valence-electron chi connectivity index (χ1n) is 6.83. The highest BCUT2D eigenvalue weighted by Gasteiger charge is 2.30. The summed E-state index contributed by atoms with van der Waals surface area (Å²) in [6, 6.07) is 7.14. The maximum absolute atomic E-state index is 12.3. The molecule has 6 heteroatoms. The number of ether oxygens (including phenoxy) is 1. The summed E-state index contributed by atoms with van der Waals surface area (Å²) in [4.78, 5) is 0.301. The van der Waals surface area contributed by atoms with Crippen molar-refractivity contribution < 1.29 is 13.2 Å². The van der Waals surface area contributed by atoms with Crippen LogP contribution in [0.1, 0.15) is 26.7 Å². The molecule has 0 atom stereocenters. The monoisotopic (exact) mass is 298 g/mol. The Labute approximate surface area is 120 Å². The van der Waals surface area contributed by atoms with Crippen molar-refractivity contribution in [2.45, 2.75) is 49.8 Å². The van der Waals surface area contributed by atoms with Crippen LogP contribution >= 0.6 is 0 Å². The predicted molar refractivity (Wildman–Crippen MR) is 79.3 cm³/mol. The number of para-hydroxylation sites is 1. The standard InChI is InChI=1S/C14H22N2O3S/c1-10(2)16-20(17,18)14-7-5-4-6-13(14)15-11-8-12(9-11)19-3/h4-7,10-12,15-16H,8-9H2,1-3H3. The molecule has 2 rings (SSSR count). The number of sulfonamides is 1. The van der Waals surface area contributed by atoms with Crippen LogP contribution in [0.5, 0.6) is 0 Å². The fourth-order valence-corrected chi connectivity index (χ4v) is 3.71. The first kappa shape index (κ1) is 15.3. The number of hydrogen-bond donors (Lipinski definition) is 2. The topological polar surface area (TPSA) is 67.4 Å². The smallest absolute Gasteiger partial charge is 0.242 e. The van der Waals surface area contributed by atoms with E-state index < -0.39 is 10.0 Å². The minimum atomic E-state index is -3.48. The first-order valence-corrected chi connectivity index (χ1v) is 8.31. The summed E-state index contributed by atoms with van der Waals surface area (Å²) in [7, 11) is -1.78. The second-order valence-corrected chi connectivity index (χ2v) is 7.12. The Hall–Kier alpha value is -1.11. The van der Waals surface area contributed by atoms with Gasteiger partial charge in [-0.1, -0.05) is 12.1 Å². The molecule has 1 aromatic rings. The molecule has 2 N–H and O–H groups in total. The predicted octanol–water partition coefficient (Wildman–Crippen LogP) is 1.96. The third-order valence-electron chi connectivity index (χ3n) is 3.36. The molecule has 0 spiro atoms. The Bertz CT molecular complexity index is 551. The van der Waals surface area contributed by atoms with Gasteiger partial charge in [-0.25, -0.2) is 13.1 Å². The van der Waals surface area contributed by atoms with E-state index in [9.17, 15) is 8.42 Å². The van der Waals surface area contributed by atoms with Crippen LogP contribution in [0.25, 0.3) is 0 Å². The summed E-state index contributed by atoms with van der Waals surface area (Å²) < 4.78 is 32.4. The van der Waals surface area contributed by atoms with E-state index in [0.29, 0.717) is 10.6 Å². The molecule has 0 heterocycles. The quantitative estimate of drug-likeness (QED) is 0.842. The van der Waals surface area contributed by atoms with Crippen molar-refractivity contribution in [1.82, 2.24) is 4.72 Å². The lowest BCUT2D eigenvalue weighted by Crippen LogP contribution is -2.40. The molecule has 5 nitrogen and oxygen atoms in total. The Morgan fingerprint density at radius 3 is 2.50 bits per heavy atom. The minimum absolute atomic E-state index is 0.130. The van der Waals surface area contributed by atoms with Crippen molar-refractivity contribution in [3.8, 4) is 0 Å². The zero-order valence-electron chi connectivity index (χ0n) is 12.1. The summed E-state index contributed by atoms with van der Waals surface area (Å²) in [6.07, 6.45) is 2.09. The molecular weight excluding hydrogens is 276 g/mol. The zero-order chi connectivity index (χ0) is 14.8. The summed E-state index contributed by atoms with van der Waals surface area (Å²) >= 11 is 0. The van der Waals surface area contributed by atoms with Gasteiger partial charge in [-0.3, -0.25) is 0 Å². The van der Waals surface area contributed by atoms with Crippen LogP contribution in [0.4, 0.5) is 5.69 Å². The molecule has 0 saturated heterocycles. The van der Waals surface area contributed by atoms with Crippen molar-refractivity contribution in [3.05, 3.63) is 24.3 Å². The average molecular weight is 298 g/mol. The van der Waals surface area contributed by atoms with Gasteiger partial charge in [0.1, 0.15) is 4.90 Å². The summed E-state index contributed by atoms with van der Waals surface area (Å²) in [5, 5.41) is 3.29. The number of rotatable bonds is 6. The fourth-order valence-electron chi connectivity index (χ4n) is 2.29. The van der Waals surface area contributed by atoms with Crippen molar-refractivity contribution in [2.24, 2.45) is 0 Å². The molecule has 112 valence electrons. The Kier molecular flexibility index (Phi) is 4.67. The van der Waals surface area contributed by atoms with E-state index in [1.54, 1.807) is 25.3 Å². The molecule has 0 amide bonds. The number of hydrogen-bond acceptors (Lipinski definition) is 4. The Morgan fingerprint density at radius 1 is 1.25 bits per heavy atom. The largest absolute Gasteiger partial charge is 0.381 e. The van der Waals surface area contributed by atoms with Crippen molar-refractivity contribution in [2.75, 3.05) is 12.4 Å². The van der Waals surface area contributed by atoms with Gasteiger partial charge < -0.3 is 10.1 Å². The molecule has 1 aliphatic carbocycles. The van der Waals surface area contributed by atoms with Crippen LogP contribution < -0.4 is 10.0 Å². The van der Waals surface area contributed by atoms with E-state index in [0.717, 1.165) is 12.8 Å². The maximum atomic E-state index is 12.3. The number of methoxy groups -OCH3 is 1. The maximum Gasteiger partial charge on any atom is 0.242 e. The number of anilines is 1. The summed E-state index contributed by atoms with van der Waals surface area (Å²) in [5.41, 5.74) is 0.653. The molecule has 0 bridgehead atoms. The highest BCUT2D eigenvalue weighted by molar-refractivity contribution is 7.89. The molecule has 1 fully saturated rings. The van der Waals surface area contributed by atoms with Crippen LogP contribution in [0.15, 0.2) is 29.2 Å². The van der Waals surface area contributed by atoms with Crippen molar-refractivity contribution in [1.29, 1.82) is 0 Å². The van der Waals surface area contributed by atoms with Gasteiger partial charge in [0.2, 0.25) is 10.0 Å². The van der Waals surface area contributed by atoms with E-state index in [-0.39, 0.29) is 18.2 Å². The molecule has 0 aliphatic heterocycles. The second kappa shape index (κ2) is 6.11. The number of nitrogens with one attached hydrogen (secondary N) is 2. The first-order chi connectivity index (χ1) is 9.42. The van der Waals surface area contributed by atoms with E-state index in [4.69, 9.17) is 4.74 Å². The molecule has 0 radical (unpaired) electrons. The van der Waals surface area contributed by atoms with Gasteiger partial charge >= 0.3 is 0 Å². The summed E-state index contributed by atoms with van der Waals surface area (Å²) in [6.45, 7) is 3.62. The molecule has 0 unspecified atom stereocenters. The normalized spacial score (nSPS) is 22.6. The second-order valence-electron chi connectivity index (χ2n) is 5.44. The van der Waals surface area contributed by atoms with Gasteiger partial charge in [-0.15, -0.1) is 0 Å². The zero-order valence-corrected chi connectivity index (χ0v) is 12.9. The molecule has 1 aromatic carbocycles. The molecule has 20 heavy (non-hydrogen) atoms. The minimum Gasteiger partial charge on any atom is -0.381 e.